The topological polar surface area (TPSA) is 6.48 Å². The first-order valence-electron chi connectivity index (χ1n) is 24.5. The largest absolute Gasteiger partial charge is 0.310 e. The Hall–Kier alpha value is -7.68. The van der Waals surface area contributed by atoms with Crippen molar-refractivity contribution in [3.8, 4) is 33.4 Å². The molecule has 2 heteroatoms. The van der Waals surface area contributed by atoms with Gasteiger partial charge in [0.15, 0.2) is 0 Å². The van der Waals surface area contributed by atoms with Gasteiger partial charge in [0.2, 0.25) is 0 Å². The van der Waals surface area contributed by atoms with Gasteiger partial charge in [-0.25, -0.2) is 0 Å². The maximum Gasteiger partial charge on any atom is 0.0543 e. The highest BCUT2D eigenvalue weighted by Gasteiger charge is 2.40. The first kappa shape index (κ1) is 43.9. The van der Waals surface area contributed by atoms with Crippen molar-refractivity contribution in [2.24, 2.45) is 0 Å². The molecule has 0 saturated heterocycles. The molecule has 0 N–H and O–H groups in total. The SMILES string of the molecule is CC(C)(C)c1ccc(N(c2ccc(-c3ccccc3)cc2)c2cc3c(c4ccccc24)-c2c(cc(N(c4ccc(-c5ccccc5)cc4)c4ccc(C(C)(C)C)cc4)c4ccccc24)C3(C)C)cc1. The van der Waals surface area contributed by atoms with Crippen LogP contribution >= 0.6 is 0 Å². The van der Waals surface area contributed by atoms with Gasteiger partial charge in [0.05, 0.1) is 11.4 Å². The summed E-state index contributed by atoms with van der Waals surface area (Å²) in [6, 6.07) is 81.2. The fourth-order valence-corrected chi connectivity index (χ4v) is 10.7. The molecule has 10 aromatic carbocycles. The Balaban J connectivity index is 1.12. The van der Waals surface area contributed by atoms with Gasteiger partial charge in [-0.05, 0) is 138 Å². The first-order chi connectivity index (χ1) is 33.3. The molecule has 0 bridgehead atoms. The maximum absolute atomic E-state index is 2.51. The summed E-state index contributed by atoms with van der Waals surface area (Å²) in [5.41, 5.74) is 19.3. The lowest BCUT2D eigenvalue weighted by molar-refractivity contribution is 0.590. The molecule has 0 radical (unpaired) electrons. The summed E-state index contributed by atoms with van der Waals surface area (Å²) < 4.78 is 0. The van der Waals surface area contributed by atoms with Gasteiger partial charge in [-0.2, -0.15) is 0 Å². The van der Waals surface area contributed by atoms with E-state index in [0.29, 0.717) is 0 Å². The number of anilines is 6. The van der Waals surface area contributed by atoms with Gasteiger partial charge in [0, 0.05) is 38.9 Å². The van der Waals surface area contributed by atoms with Crippen molar-refractivity contribution in [3.05, 3.63) is 241 Å². The number of benzene rings is 10. The third-order valence-corrected chi connectivity index (χ3v) is 14.6. The van der Waals surface area contributed by atoms with Crippen LogP contribution in [0.5, 0.6) is 0 Å². The number of hydrogen-bond donors (Lipinski definition) is 0. The van der Waals surface area contributed by atoms with Crippen LogP contribution in [0, 0.1) is 0 Å². The Bertz CT molecular complexity index is 3240. The lowest BCUT2D eigenvalue weighted by Crippen LogP contribution is -2.18. The van der Waals surface area contributed by atoms with Crippen LogP contribution < -0.4 is 9.80 Å². The second-order valence-corrected chi connectivity index (χ2v) is 21.4. The zero-order valence-corrected chi connectivity index (χ0v) is 41.2. The highest BCUT2D eigenvalue weighted by Crippen LogP contribution is 2.58. The molecule has 0 saturated carbocycles. The summed E-state index contributed by atoms with van der Waals surface area (Å²) in [5.74, 6) is 0. The third kappa shape index (κ3) is 7.79. The fourth-order valence-electron chi connectivity index (χ4n) is 10.7. The van der Waals surface area contributed by atoms with Crippen molar-refractivity contribution in [3.63, 3.8) is 0 Å². The molecule has 0 spiro atoms. The number of rotatable bonds is 8. The quantitative estimate of drug-likeness (QED) is 0.150. The summed E-state index contributed by atoms with van der Waals surface area (Å²) in [4.78, 5) is 4.96. The van der Waals surface area contributed by atoms with E-state index in [2.05, 4.69) is 284 Å². The minimum atomic E-state index is -0.347. The predicted octanol–water partition coefficient (Wildman–Crippen LogP) is 19.2. The van der Waals surface area contributed by atoms with E-state index in [4.69, 9.17) is 0 Å². The highest BCUT2D eigenvalue weighted by atomic mass is 15.2. The Morgan fingerprint density at radius 2 is 0.580 bits per heavy atom. The van der Waals surface area contributed by atoms with Crippen LogP contribution in [0.2, 0.25) is 0 Å². The second kappa shape index (κ2) is 16.8. The van der Waals surface area contributed by atoms with Crippen LogP contribution in [-0.2, 0) is 16.2 Å². The summed E-state index contributed by atoms with van der Waals surface area (Å²) >= 11 is 0. The Labute approximate surface area is 409 Å². The third-order valence-electron chi connectivity index (χ3n) is 14.6. The van der Waals surface area contributed by atoms with Crippen LogP contribution in [0.3, 0.4) is 0 Å². The molecule has 10 aromatic rings. The average Bonchev–Trinajstić information content (AvgIpc) is 3.60. The van der Waals surface area contributed by atoms with Crippen molar-refractivity contribution in [1.82, 2.24) is 0 Å². The van der Waals surface area contributed by atoms with Gasteiger partial charge in [-0.1, -0.05) is 213 Å². The number of fused-ring (bicyclic) bond motifs is 7. The molecule has 0 heterocycles. The molecule has 0 unspecified atom stereocenters. The van der Waals surface area contributed by atoms with Crippen LogP contribution in [0.1, 0.15) is 77.6 Å². The van der Waals surface area contributed by atoms with Gasteiger partial charge < -0.3 is 9.80 Å². The Morgan fingerprint density at radius 1 is 0.304 bits per heavy atom. The highest BCUT2D eigenvalue weighted by molar-refractivity contribution is 6.17. The van der Waals surface area contributed by atoms with Crippen LogP contribution in [0.25, 0.3) is 54.9 Å². The normalized spacial score (nSPS) is 13.0. The fraction of sp³-hybridized carbons (Fsp3) is 0.164. The van der Waals surface area contributed by atoms with E-state index < -0.39 is 0 Å². The van der Waals surface area contributed by atoms with Gasteiger partial charge in [-0.15, -0.1) is 0 Å². The minimum Gasteiger partial charge on any atom is -0.310 e. The molecule has 0 aliphatic heterocycles. The molecule has 1 aliphatic carbocycles. The molecule has 338 valence electrons. The summed E-state index contributed by atoms with van der Waals surface area (Å²) in [5, 5.41) is 4.97. The van der Waals surface area contributed by atoms with Crippen molar-refractivity contribution in [2.75, 3.05) is 9.80 Å². The molecule has 11 rings (SSSR count). The van der Waals surface area contributed by atoms with Gasteiger partial charge in [0.25, 0.3) is 0 Å². The zero-order valence-electron chi connectivity index (χ0n) is 41.2. The Morgan fingerprint density at radius 3 is 0.899 bits per heavy atom. The van der Waals surface area contributed by atoms with Gasteiger partial charge in [0.1, 0.15) is 0 Å². The maximum atomic E-state index is 2.51. The molecular formula is C67H60N2. The lowest BCUT2D eigenvalue weighted by atomic mass is 9.81. The van der Waals surface area contributed by atoms with Gasteiger partial charge >= 0.3 is 0 Å². The molecule has 0 fully saturated rings. The molecular weight excluding hydrogens is 833 g/mol. The van der Waals surface area contributed by atoms with E-state index in [0.717, 1.165) is 22.7 Å². The van der Waals surface area contributed by atoms with Crippen LogP contribution in [-0.4, -0.2) is 0 Å². The van der Waals surface area contributed by atoms with E-state index >= 15 is 0 Å². The average molecular weight is 893 g/mol. The predicted molar refractivity (Wildman–Crippen MR) is 297 cm³/mol. The summed E-state index contributed by atoms with van der Waals surface area (Å²) in [7, 11) is 0. The van der Waals surface area contributed by atoms with Crippen LogP contribution in [0.15, 0.2) is 218 Å². The molecule has 0 atom stereocenters. The van der Waals surface area contributed by atoms with Crippen molar-refractivity contribution < 1.29 is 0 Å². The molecule has 1 aliphatic rings. The molecule has 2 nitrogen and oxygen atoms in total. The van der Waals surface area contributed by atoms with Crippen LogP contribution in [0.4, 0.5) is 34.1 Å². The standard InChI is InChI=1S/C67H60N2/c1-65(2,3)49-31-39-53(40-32-49)68(51-35-27-47(28-36-51)45-19-11-9-12-20-45)61-43-59-63(57-25-17-15-23-55(57)61)64-58-26-18-16-24-56(58)62(44-60(64)67(59,7)8)69(54-41-33-50(34-42-54)66(4,5)6)52-37-29-48(30-38-52)46-21-13-10-14-22-46/h9-44H,1-8H3. The summed E-state index contributed by atoms with van der Waals surface area (Å²) in [6.07, 6.45) is 0. The van der Waals surface area contributed by atoms with Crippen molar-refractivity contribution in [2.45, 2.75) is 71.6 Å². The molecule has 69 heavy (non-hydrogen) atoms. The van der Waals surface area contributed by atoms with E-state index in [-0.39, 0.29) is 16.2 Å². The van der Waals surface area contributed by atoms with Crippen molar-refractivity contribution in [1.29, 1.82) is 0 Å². The number of nitrogens with zero attached hydrogens (tertiary/aromatic N) is 2. The Kier molecular flexibility index (Phi) is 10.7. The van der Waals surface area contributed by atoms with Gasteiger partial charge in [-0.3, -0.25) is 0 Å². The van der Waals surface area contributed by atoms with Crippen molar-refractivity contribution >= 4 is 55.7 Å². The number of hydrogen-bond acceptors (Lipinski definition) is 2. The van der Waals surface area contributed by atoms with E-state index in [1.165, 1.54) is 88.6 Å². The second-order valence-electron chi connectivity index (χ2n) is 21.4. The smallest absolute Gasteiger partial charge is 0.0543 e. The lowest BCUT2D eigenvalue weighted by Gasteiger charge is -2.31. The minimum absolute atomic E-state index is 0.0372. The summed E-state index contributed by atoms with van der Waals surface area (Å²) in [6.45, 7) is 18.6. The van der Waals surface area contributed by atoms with E-state index in [9.17, 15) is 0 Å². The van der Waals surface area contributed by atoms with E-state index in [1.54, 1.807) is 0 Å². The van der Waals surface area contributed by atoms with E-state index in [1.807, 2.05) is 0 Å². The molecule has 0 amide bonds. The first-order valence-corrected chi connectivity index (χ1v) is 24.5. The zero-order chi connectivity index (χ0) is 47.7. The molecule has 0 aromatic heterocycles. The monoisotopic (exact) mass is 892 g/mol.